The van der Waals surface area contributed by atoms with Gasteiger partial charge in [0.15, 0.2) is 12.2 Å². The molecule has 6 heteroatoms. The molecule has 3 aliphatic heterocycles. The van der Waals surface area contributed by atoms with Crippen LogP contribution >= 0.6 is 12.2 Å². The van der Waals surface area contributed by atoms with Crippen molar-refractivity contribution in [3.63, 3.8) is 0 Å². The average Bonchev–Trinajstić information content (AvgIpc) is 3.55. The van der Waals surface area contributed by atoms with Gasteiger partial charge in [0, 0.05) is 35.6 Å². The Morgan fingerprint density at radius 3 is 2.84 bits per heavy atom. The maximum absolute atomic E-state index is 7.49. The van der Waals surface area contributed by atoms with Gasteiger partial charge in [0.05, 0.1) is 17.2 Å². The third-order valence-corrected chi connectivity index (χ3v) is 11.2. The molecule has 0 radical (unpaired) electrons. The molecule has 1 aromatic carbocycles. The summed E-state index contributed by atoms with van der Waals surface area (Å²) >= 11 is 5.38. The Morgan fingerprint density at radius 1 is 1.08 bits per heavy atom. The number of rotatable bonds is 2. The van der Waals surface area contributed by atoms with Crippen molar-refractivity contribution in [2.45, 2.75) is 80.8 Å². The van der Waals surface area contributed by atoms with E-state index in [-0.39, 0.29) is 40.1 Å². The van der Waals surface area contributed by atoms with Crippen LogP contribution in [0, 0.1) is 11.3 Å². The molecule has 37 heavy (non-hydrogen) atoms. The minimum Gasteiger partial charge on any atom is -0.448 e. The van der Waals surface area contributed by atoms with Crippen LogP contribution in [0.25, 0.3) is 10.8 Å². The summed E-state index contributed by atoms with van der Waals surface area (Å²) in [5.74, 6) is 1.03. The second-order valence-corrected chi connectivity index (χ2v) is 13.1. The van der Waals surface area contributed by atoms with Crippen LogP contribution in [-0.2, 0) is 14.2 Å². The van der Waals surface area contributed by atoms with Crippen molar-refractivity contribution < 1.29 is 14.2 Å². The average molecular weight is 515 g/mol. The number of aromatic nitrogens is 1. The van der Waals surface area contributed by atoms with Crippen molar-refractivity contribution in [2.75, 3.05) is 14.1 Å². The summed E-state index contributed by atoms with van der Waals surface area (Å²) < 4.78 is 19.7. The van der Waals surface area contributed by atoms with E-state index < -0.39 is 0 Å². The standard InChI is InChI=1S/C31H34N2O3S/c1-29-10-8-21-15-23-26-27(35-28(37)34-26)24(33(2)3)16-30(23)11-12-31(21,36-30)25(29)7-6-22(29)19-5-4-18-9-13-32-17-20(18)14-19/h4-5,8-9,13-15,17,22,24-27H,6-7,10-12,16H2,1-3H3/t22-,24+,25-,26+,27-,29-,30-,31-/m1/s1. The van der Waals surface area contributed by atoms with Gasteiger partial charge in [-0.3, -0.25) is 4.98 Å². The first-order valence-corrected chi connectivity index (χ1v) is 14.2. The van der Waals surface area contributed by atoms with Gasteiger partial charge in [-0.15, -0.1) is 0 Å². The molecule has 192 valence electrons. The molecule has 1 aromatic heterocycles. The van der Waals surface area contributed by atoms with E-state index in [4.69, 9.17) is 26.4 Å². The summed E-state index contributed by atoms with van der Waals surface area (Å²) in [4.78, 5) is 6.65. The number of fused-ring (bicyclic) bond motifs is 4. The number of benzene rings is 1. The summed E-state index contributed by atoms with van der Waals surface area (Å²) in [6, 6.07) is 9.33. The van der Waals surface area contributed by atoms with Gasteiger partial charge in [-0.05, 0) is 98.5 Å². The molecular formula is C31H34N2O3S. The lowest BCUT2D eigenvalue weighted by molar-refractivity contribution is -0.153. The van der Waals surface area contributed by atoms with Gasteiger partial charge in [-0.1, -0.05) is 31.2 Å². The van der Waals surface area contributed by atoms with Crippen molar-refractivity contribution >= 4 is 28.2 Å². The zero-order valence-corrected chi connectivity index (χ0v) is 22.6. The van der Waals surface area contributed by atoms with E-state index in [1.807, 2.05) is 12.4 Å². The number of hydrogen-bond donors (Lipinski definition) is 0. The number of nitrogens with zero attached hydrogens (tertiary/aromatic N) is 2. The first-order valence-electron chi connectivity index (χ1n) is 13.8. The van der Waals surface area contributed by atoms with Gasteiger partial charge in [0.2, 0.25) is 0 Å². The number of ether oxygens (including phenoxy) is 3. The van der Waals surface area contributed by atoms with Gasteiger partial charge in [-0.25, -0.2) is 0 Å². The highest BCUT2D eigenvalue weighted by atomic mass is 32.1. The van der Waals surface area contributed by atoms with Gasteiger partial charge in [-0.2, -0.15) is 0 Å². The first kappa shape index (κ1) is 22.7. The number of allylic oxidation sites excluding steroid dienone is 1. The topological polar surface area (TPSA) is 43.8 Å². The molecule has 2 bridgehead atoms. The number of thiocarbonyl (C=S) groups is 1. The van der Waals surface area contributed by atoms with Crippen molar-refractivity contribution in [2.24, 2.45) is 11.3 Å². The lowest BCUT2D eigenvalue weighted by Gasteiger charge is -2.55. The highest BCUT2D eigenvalue weighted by molar-refractivity contribution is 7.79. The Hall–Kier alpha value is -2.28. The lowest BCUT2D eigenvalue weighted by atomic mass is 9.58. The van der Waals surface area contributed by atoms with E-state index in [1.165, 1.54) is 40.3 Å². The summed E-state index contributed by atoms with van der Waals surface area (Å²) in [6.07, 6.45) is 15.2. The quantitative estimate of drug-likeness (QED) is 0.480. The maximum atomic E-state index is 7.49. The molecule has 6 aliphatic rings. The monoisotopic (exact) mass is 514 g/mol. The molecular weight excluding hydrogens is 480 g/mol. The molecule has 4 fully saturated rings. The first-order chi connectivity index (χ1) is 17.8. The normalized spacial score (nSPS) is 43.4. The Morgan fingerprint density at radius 2 is 1.97 bits per heavy atom. The van der Waals surface area contributed by atoms with E-state index in [2.05, 4.69) is 67.3 Å². The lowest BCUT2D eigenvalue weighted by Crippen LogP contribution is -2.61. The van der Waals surface area contributed by atoms with Crippen LogP contribution in [0.1, 0.15) is 56.9 Å². The van der Waals surface area contributed by atoms with Gasteiger partial charge >= 0.3 is 5.24 Å². The summed E-state index contributed by atoms with van der Waals surface area (Å²) in [6.45, 7) is 2.53. The fourth-order valence-electron chi connectivity index (χ4n) is 9.25. The molecule has 3 aliphatic carbocycles. The number of pyridine rings is 1. The predicted octanol–water partition coefficient (Wildman–Crippen LogP) is 5.70. The molecule has 0 amide bonds. The second kappa shape index (κ2) is 7.43. The molecule has 2 saturated heterocycles. The van der Waals surface area contributed by atoms with Crippen LogP contribution in [0.15, 0.2) is 60.0 Å². The molecule has 0 unspecified atom stereocenters. The minimum absolute atomic E-state index is 0.0659. The van der Waals surface area contributed by atoms with E-state index in [0.29, 0.717) is 11.8 Å². The summed E-state index contributed by atoms with van der Waals surface area (Å²) in [5.41, 5.74) is 3.77. The molecule has 0 N–H and O–H groups in total. The summed E-state index contributed by atoms with van der Waals surface area (Å²) in [7, 11) is 4.27. The van der Waals surface area contributed by atoms with E-state index >= 15 is 0 Å². The van der Waals surface area contributed by atoms with Crippen LogP contribution in [0.2, 0.25) is 0 Å². The maximum Gasteiger partial charge on any atom is 0.353 e. The van der Waals surface area contributed by atoms with Crippen LogP contribution < -0.4 is 0 Å². The van der Waals surface area contributed by atoms with Crippen molar-refractivity contribution in [3.05, 3.63) is 65.5 Å². The van der Waals surface area contributed by atoms with Crippen molar-refractivity contribution in [3.8, 4) is 0 Å². The Kier molecular flexibility index (Phi) is 4.55. The van der Waals surface area contributed by atoms with E-state index in [1.54, 1.807) is 0 Å². The smallest absolute Gasteiger partial charge is 0.353 e. The van der Waals surface area contributed by atoms with Crippen LogP contribution in [-0.4, -0.2) is 58.7 Å². The zero-order chi connectivity index (χ0) is 25.2. The van der Waals surface area contributed by atoms with E-state index in [0.717, 1.165) is 25.7 Å². The highest BCUT2D eigenvalue weighted by Crippen LogP contribution is 2.69. The predicted molar refractivity (Wildman–Crippen MR) is 146 cm³/mol. The molecule has 8 atom stereocenters. The Bertz CT molecular complexity index is 1400. The zero-order valence-electron chi connectivity index (χ0n) is 21.8. The Balaban J connectivity index is 1.21. The van der Waals surface area contributed by atoms with Crippen LogP contribution in [0.5, 0.6) is 0 Å². The fraction of sp³-hybridized carbons (Fsp3) is 0.548. The van der Waals surface area contributed by atoms with Gasteiger partial charge < -0.3 is 19.1 Å². The van der Waals surface area contributed by atoms with Crippen molar-refractivity contribution in [1.82, 2.24) is 9.88 Å². The largest absolute Gasteiger partial charge is 0.448 e. The van der Waals surface area contributed by atoms with Crippen molar-refractivity contribution in [1.29, 1.82) is 0 Å². The number of likely N-dealkylation sites (N-methyl/N-ethyl adjacent to an activating group) is 1. The third kappa shape index (κ3) is 2.87. The summed E-state index contributed by atoms with van der Waals surface area (Å²) in [5, 5.41) is 2.78. The van der Waals surface area contributed by atoms with Gasteiger partial charge in [0.1, 0.15) is 0 Å². The van der Waals surface area contributed by atoms with Crippen LogP contribution in [0.4, 0.5) is 0 Å². The molecule has 2 spiro atoms. The SMILES string of the molecule is CN(C)[C@H]1C[C@@]23CC[C@@]4(O2)C(=CC[C@]2(C)[C@@H](c5ccc6ccncc6c5)CC[C@H]24)C=C3[C@@H]2OC(=S)O[C@@H]21. The molecule has 5 nitrogen and oxygen atoms in total. The van der Waals surface area contributed by atoms with E-state index in [9.17, 15) is 0 Å². The molecule has 2 aromatic rings. The highest BCUT2D eigenvalue weighted by Gasteiger charge is 2.69. The number of hydrogen-bond acceptors (Lipinski definition) is 6. The molecule has 2 saturated carbocycles. The third-order valence-electron chi connectivity index (χ3n) is 11.0. The minimum atomic E-state index is -0.290. The molecule has 8 rings (SSSR count). The fourth-order valence-corrected chi connectivity index (χ4v) is 9.47. The van der Waals surface area contributed by atoms with Crippen LogP contribution in [0.3, 0.4) is 0 Å². The Labute approximate surface area is 223 Å². The van der Waals surface area contributed by atoms with Gasteiger partial charge in [0.25, 0.3) is 0 Å². The molecule has 4 heterocycles. The second-order valence-electron chi connectivity index (χ2n) is 12.7.